The predicted octanol–water partition coefficient (Wildman–Crippen LogP) is 3.83. The quantitative estimate of drug-likeness (QED) is 0.549. The fourth-order valence-corrected chi connectivity index (χ4v) is 4.70. The summed E-state index contributed by atoms with van der Waals surface area (Å²) in [5.74, 6) is 0.807. The van der Waals surface area contributed by atoms with Crippen LogP contribution in [0, 0.1) is 11.7 Å². The monoisotopic (exact) mass is 480 g/mol. The van der Waals surface area contributed by atoms with E-state index >= 15 is 0 Å². The van der Waals surface area contributed by atoms with E-state index < -0.39 is 15.8 Å². The zero-order valence-electron chi connectivity index (χ0n) is 17.5. The van der Waals surface area contributed by atoms with Gasteiger partial charge in [0.15, 0.2) is 17.3 Å². The first-order valence-corrected chi connectivity index (χ1v) is 12.1. The summed E-state index contributed by atoms with van der Waals surface area (Å²) in [6.45, 7) is 1.22. The lowest BCUT2D eigenvalue weighted by atomic mass is 10.1. The highest BCUT2D eigenvalue weighted by Crippen LogP contribution is 2.36. The van der Waals surface area contributed by atoms with E-state index in [1.54, 1.807) is 24.3 Å². The molecular formula is C21H22ClFN4O4S. The number of aromatic nitrogens is 2. The van der Waals surface area contributed by atoms with E-state index in [0.29, 0.717) is 54.3 Å². The van der Waals surface area contributed by atoms with Gasteiger partial charge in [-0.2, -0.15) is 0 Å². The Kier molecular flexibility index (Phi) is 6.36. The summed E-state index contributed by atoms with van der Waals surface area (Å²) in [7, 11) is -1.69. The lowest BCUT2D eigenvalue weighted by Crippen LogP contribution is -2.28. The summed E-state index contributed by atoms with van der Waals surface area (Å²) < 4.78 is 50.8. The van der Waals surface area contributed by atoms with Crippen molar-refractivity contribution in [2.45, 2.75) is 6.42 Å². The molecule has 1 atom stereocenters. The summed E-state index contributed by atoms with van der Waals surface area (Å²) in [4.78, 5) is 8.51. The highest BCUT2D eigenvalue weighted by Gasteiger charge is 2.29. The van der Waals surface area contributed by atoms with Crippen LogP contribution in [0.4, 0.5) is 15.9 Å². The number of nitrogens with zero attached hydrogens (tertiary/aromatic N) is 3. The van der Waals surface area contributed by atoms with Crippen LogP contribution in [0.3, 0.4) is 0 Å². The second-order valence-corrected chi connectivity index (χ2v) is 9.95. The van der Waals surface area contributed by atoms with Crippen LogP contribution in [0.15, 0.2) is 36.7 Å². The van der Waals surface area contributed by atoms with Crippen molar-refractivity contribution in [3.05, 3.63) is 47.5 Å². The molecule has 1 N–H and O–H groups in total. The number of anilines is 2. The van der Waals surface area contributed by atoms with Crippen LogP contribution >= 0.6 is 11.6 Å². The third-order valence-corrected chi connectivity index (χ3v) is 6.88. The Hall–Kier alpha value is -2.69. The fraction of sp³-hybridized carbons (Fsp3) is 0.333. The average Bonchev–Trinajstić information content (AvgIpc) is 3.25. The van der Waals surface area contributed by atoms with Crippen molar-refractivity contribution < 1.29 is 22.3 Å². The number of benzene rings is 2. The van der Waals surface area contributed by atoms with Gasteiger partial charge in [0.25, 0.3) is 0 Å². The van der Waals surface area contributed by atoms with Crippen LogP contribution in [-0.2, 0) is 10.0 Å². The number of methoxy groups -OCH3 is 1. The van der Waals surface area contributed by atoms with Gasteiger partial charge in [-0.1, -0.05) is 17.7 Å². The van der Waals surface area contributed by atoms with Gasteiger partial charge in [0.05, 0.1) is 36.2 Å². The van der Waals surface area contributed by atoms with Gasteiger partial charge >= 0.3 is 0 Å². The summed E-state index contributed by atoms with van der Waals surface area (Å²) >= 11 is 5.88. The molecule has 3 aromatic rings. The van der Waals surface area contributed by atoms with Crippen LogP contribution in [0.25, 0.3) is 10.9 Å². The third kappa shape index (κ3) is 4.72. The Balaban J connectivity index is 1.60. The maximum atomic E-state index is 14.4. The van der Waals surface area contributed by atoms with Crippen molar-refractivity contribution in [3.63, 3.8) is 0 Å². The van der Waals surface area contributed by atoms with Crippen LogP contribution in [-0.4, -0.2) is 55.8 Å². The molecule has 0 spiro atoms. The smallest absolute Gasteiger partial charge is 0.211 e. The molecule has 1 fully saturated rings. The predicted molar refractivity (Wildman–Crippen MR) is 121 cm³/mol. The lowest BCUT2D eigenvalue weighted by Gasteiger charge is -2.17. The van der Waals surface area contributed by atoms with Crippen LogP contribution < -0.4 is 14.8 Å². The molecule has 0 radical (unpaired) electrons. The van der Waals surface area contributed by atoms with Gasteiger partial charge in [0.1, 0.15) is 12.1 Å². The third-order valence-electron chi connectivity index (χ3n) is 5.32. The van der Waals surface area contributed by atoms with Crippen molar-refractivity contribution in [1.82, 2.24) is 14.3 Å². The largest absolute Gasteiger partial charge is 0.493 e. The fourth-order valence-electron chi connectivity index (χ4n) is 3.61. The zero-order valence-corrected chi connectivity index (χ0v) is 19.1. The van der Waals surface area contributed by atoms with Gasteiger partial charge in [0.2, 0.25) is 10.0 Å². The molecule has 0 aliphatic carbocycles. The maximum absolute atomic E-state index is 14.4. The van der Waals surface area contributed by atoms with Crippen LogP contribution in [0.1, 0.15) is 6.42 Å². The average molecular weight is 481 g/mol. The van der Waals surface area contributed by atoms with Crippen molar-refractivity contribution in [3.8, 4) is 11.5 Å². The number of fused-ring (bicyclic) bond motifs is 1. The summed E-state index contributed by atoms with van der Waals surface area (Å²) in [6, 6.07) is 8.09. The van der Waals surface area contributed by atoms with E-state index in [1.165, 1.54) is 30.1 Å². The minimum atomic E-state index is -3.21. The molecule has 11 heteroatoms. The number of sulfonamides is 1. The second kappa shape index (κ2) is 9.05. The Morgan fingerprint density at radius 2 is 2.09 bits per heavy atom. The molecule has 4 rings (SSSR count). The first kappa shape index (κ1) is 22.5. The molecule has 170 valence electrons. The number of rotatable bonds is 7. The molecule has 0 saturated carbocycles. The molecule has 32 heavy (non-hydrogen) atoms. The van der Waals surface area contributed by atoms with Gasteiger partial charge in [-0.3, -0.25) is 0 Å². The Bertz CT molecular complexity index is 1260. The summed E-state index contributed by atoms with van der Waals surface area (Å²) in [5.41, 5.74) is 0.765. The SMILES string of the molecule is COc1cc2ncnc(Nc3cccc(Cl)c3F)c2cc1OC[C@H]1CCN(S(C)(=O)=O)C1. The van der Waals surface area contributed by atoms with E-state index in [9.17, 15) is 12.8 Å². The molecule has 2 heterocycles. The minimum absolute atomic E-state index is 0.00115. The molecule has 0 amide bonds. The minimum Gasteiger partial charge on any atom is -0.493 e. The first-order valence-electron chi connectivity index (χ1n) is 9.88. The van der Waals surface area contributed by atoms with Crippen molar-refractivity contribution in [2.24, 2.45) is 5.92 Å². The van der Waals surface area contributed by atoms with E-state index in [1.807, 2.05) is 0 Å². The highest BCUT2D eigenvalue weighted by molar-refractivity contribution is 7.88. The number of ether oxygens (including phenoxy) is 2. The Morgan fingerprint density at radius 1 is 1.28 bits per heavy atom. The molecule has 1 aliphatic rings. The van der Waals surface area contributed by atoms with Gasteiger partial charge in [-0.15, -0.1) is 0 Å². The molecule has 2 aromatic carbocycles. The molecule has 1 saturated heterocycles. The first-order chi connectivity index (χ1) is 15.3. The highest BCUT2D eigenvalue weighted by atomic mass is 35.5. The lowest BCUT2D eigenvalue weighted by molar-refractivity contribution is 0.244. The summed E-state index contributed by atoms with van der Waals surface area (Å²) in [6.07, 6.45) is 3.29. The maximum Gasteiger partial charge on any atom is 0.211 e. The van der Waals surface area contributed by atoms with E-state index in [2.05, 4.69) is 15.3 Å². The van der Waals surface area contributed by atoms with Crippen LogP contribution in [0.5, 0.6) is 11.5 Å². The van der Waals surface area contributed by atoms with Crippen LogP contribution in [0.2, 0.25) is 5.02 Å². The number of hydrogen-bond donors (Lipinski definition) is 1. The molecule has 1 aliphatic heterocycles. The Labute approximate surface area is 190 Å². The summed E-state index contributed by atoms with van der Waals surface area (Å²) in [5, 5.41) is 3.56. The van der Waals surface area contributed by atoms with Crippen molar-refractivity contribution in [1.29, 1.82) is 0 Å². The van der Waals surface area contributed by atoms with Gasteiger partial charge in [-0.05, 0) is 24.6 Å². The topological polar surface area (TPSA) is 93.7 Å². The molecule has 0 unspecified atom stereocenters. The van der Waals surface area contributed by atoms with E-state index in [4.69, 9.17) is 21.1 Å². The number of nitrogens with one attached hydrogen (secondary N) is 1. The van der Waals surface area contributed by atoms with Crippen molar-refractivity contribution in [2.75, 3.05) is 38.4 Å². The second-order valence-electron chi connectivity index (χ2n) is 7.56. The molecular weight excluding hydrogens is 459 g/mol. The van der Waals surface area contributed by atoms with Gasteiger partial charge in [-0.25, -0.2) is 27.1 Å². The number of hydrogen-bond acceptors (Lipinski definition) is 7. The van der Waals surface area contributed by atoms with Crippen molar-refractivity contribution >= 4 is 44.0 Å². The molecule has 0 bridgehead atoms. The molecule has 1 aromatic heterocycles. The number of halogens is 2. The molecule has 8 nitrogen and oxygen atoms in total. The van der Waals surface area contributed by atoms with E-state index in [0.717, 1.165) is 0 Å². The Morgan fingerprint density at radius 3 is 2.81 bits per heavy atom. The zero-order chi connectivity index (χ0) is 22.9. The standard InChI is InChI=1S/C21H22ClFN4O4S/c1-30-18-9-17-14(8-19(18)31-11-13-6-7-27(10-13)32(2,28)29)21(25-12-24-17)26-16-5-3-4-15(22)20(16)23/h3-5,8-9,12-13H,6-7,10-11H2,1-2H3,(H,24,25,26)/t13-/m0/s1. The van der Waals surface area contributed by atoms with E-state index in [-0.39, 0.29) is 16.6 Å². The van der Waals surface area contributed by atoms with Gasteiger partial charge in [0, 0.05) is 30.5 Å². The van der Waals surface area contributed by atoms with Gasteiger partial charge < -0.3 is 14.8 Å². The normalized spacial score (nSPS) is 16.9.